The molecule has 8 heteroatoms. The standard InChI is InChI=1S/C18H26N6OS/c1-2-22-10-12-23(13-11-22)17-20-21-18(26-17)24-9-5-8-15(24)16(25)19-14-6-3-4-7-14/h5,8-9,14H,2-4,6-7,10-13H2,1H3,(H,19,25). The van der Waals surface area contributed by atoms with Gasteiger partial charge >= 0.3 is 0 Å². The molecule has 2 aliphatic rings. The molecule has 0 unspecified atom stereocenters. The summed E-state index contributed by atoms with van der Waals surface area (Å²) in [5, 5.41) is 13.6. The van der Waals surface area contributed by atoms with Crippen molar-refractivity contribution in [2.45, 2.75) is 38.6 Å². The number of aromatic nitrogens is 3. The molecule has 4 rings (SSSR count). The van der Waals surface area contributed by atoms with Crippen LogP contribution in [0.1, 0.15) is 43.1 Å². The van der Waals surface area contributed by atoms with Crippen LogP contribution in [-0.2, 0) is 0 Å². The fourth-order valence-corrected chi connectivity index (χ4v) is 4.65. The highest BCUT2D eigenvalue weighted by Crippen LogP contribution is 2.26. The number of carbonyl (C=O) groups is 1. The van der Waals surface area contributed by atoms with Gasteiger partial charge < -0.3 is 15.1 Å². The third-order valence-corrected chi connectivity index (χ3v) is 6.35. The molecule has 0 radical (unpaired) electrons. The van der Waals surface area contributed by atoms with Crippen LogP contribution in [0.2, 0.25) is 0 Å². The monoisotopic (exact) mass is 374 g/mol. The number of rotatable bonds is 5. The maximum Gasteiger partial charge on any atom is 0.268 e. The van der Waals surface area contributed by atoms with Gasteiger partial charge in [-0.15, -0.1) is 10.2 Å². The first-order valence-electron chi connectivity index (χ1n) is 9.54. The zero-order chi connectivity index (χ0) is 17.9. The molecule has 2 aromatic rings. The Kier molecular flexibility index (Phi) is 5.21. The van der Waals surface area contributed by atoms with Gasteiger partial charge in [0.2, 0.25) is 10.3 Å². The topological polar surface area (TPSA) is 66.3 Å². The van der Waals surface area contributed by atoms with Gasteiger partial charge in [0.05, 0.1) is 0 Å². The second kappa shape index (κ2) is 7.75. The number of anilines is 1. The van der Waals surface area contributed by atoms with Crippen molar-refractivity contribution in [1.82, 2.24) is 25.0 Å². The molecule has 0 aromatic carbocycles. The Morgan fingerprint density at radius 2 is 1.92 bits per heavy atom. The molecule has 0 bridgehead atoms. The summed E-state index contributed by atoms with van der Waals surface area (Å²) >= 11 is 1.55. The van der Waals surface area contributed by atoms with E-state index in [1.165, 1.54) is 12.8 Å². The molecule has 140 valence electrons. The Hall–Kier alpha value is -1.93. The van der Waals surface area contributed by atoms with Gasteiger partial charge in [0, 0.05) is 38.4 Å². The molecule has 0 spiro atoms. The zero-order valence-electron chi connectivity index (χ0n) is 15.2. The van der Waals surface area contributed by atoms with E-state index in [1.54, 1.807) is 11.3 Å². The normalized spacial score (nSPS) is 19.2. The van der Waals surface area contributed by atoms with E-state index >= 15 is 0 Å². The van der Waals surface area contributed by atoms with Gasteiger partial charge in [0.1, 0.15) is 5.69 Å². The number of nitrogens with zero attached hydrogens (tertiary/aromatic N) is 5. The lowest BCUT2D eigenvalue weighted by Gasteiger charge is -2.33. The van der Waals surface area contributed by atoms with Crippen LogP contribution in [-0.4, -0.2) is 64.3 Å². The van der Waals surface area contributed by atoms with Crippen LogP contribution in [0.5, 0.6) is 0 Å². The van der Waals surface area contributed by atoms with E-state index in [1.807, 2.05) is 22.9 Å². The molecule has 2 aromatic heterocycles. The summed E-state index contributed by atoms with van der Waals surface area (Å²) < 4.78 is 1.85. The van der Waals surface area contributed by atoms with E-state index in [0.717, 1.165) is 55.8 Å². The molecule has 1 N–H and O–H groups in total. The van der Waals surface area contributed by atoms with Crippen LogP contribution in [0.15, 0.2) is 18.3 Å². The van der Waals surface area contributed by atoms with E-state index in [0.29, 0.717) is 11.7 Å². The summed E-state index contributed by atoms with van der Waals surface area (Å²) in [5.74, 6) is -0.0183. The van der Waals surface area contributed by atoms with Crippen LogP contribution < -0.4 is 10.2 Å². The molecule has 1 saturated carbocycles. The second-order valence-corrected chi connectivity index (χ2v) is 7.94. The number of nitrogens with one attached hydrogen (secondary N) is 1. The number of likely N-dealkylation sites (N-methyl/N-ethyl adjacent to an activating group) is 1. The summed E-state index contributed by atoms with van der Waals surface area (Å²) in [5.41, 5.74) is 0.635. The molecule has 1 saturated heterocycles. The Labute approximate surface area is 158 Å². The molecule has 1 amide bonds. The Balaban J connectivity index is 1.46. The number of hydrogen-bond acceptors (Lipinski definition) is 6. The first kappa shape index (κ1) is 17.5. The Morgan fingerprint density at radius 3 is 2.65 bits per heavy atom. The van der Waals surface area contributed by atoms with Crippen LogP contribution in [0, 0.1) is 0 Å². The second-order valence-electron chi connectivity index (χ2n) is 7.01. The zero-order valence-corrected chi connectivity index (χ0v) is 16.0. The van der Waals surface area contributed by atoms with Crippen molar-refractivity contribution in [2.24, 2.45) is 0 Å². The van der Waals surface area contributed by atoms with E-state index < -0.39 is 0 Å². The largest absolute Gasteiger partial charge is 0.348 e. The van der Waals surface area contributed by atoms with Crippen LogP contribution >= 0.6 is 11.3 Å². The van der Waals surface area contributed by atoms with Crippen molar-refractivity contribution in [3.05, 3.63) is 24.0 Å². The SMILES string of the molecule is CCN1CCN(c2nnc(-n3cccc3C(=O)NC3CCCC3)s2)CC1. The lowest BCUT2D eigenvalue weighted by molar-refractivity contribution is 0.0931. The highest BCUT2D eigenvalue weighted by molar-refractivity contribution is 7.17. The number of carbonyl (C=O) groups excluding carboxylic acids is 1. The minimum atomic E-state index is -0.0183. The number of piperazine rings is 1. The summed E-state index contributed by atoms with van der Waals surface area (Å²) in [6, 6.07) is 4.06. The van der Waals surface area contributed by atoms with E-state index in [9.17, 15) is 4.79 Å². The summed E-state index contributed by atoms with van der Waals surface area (Å²) in [6.07, 6.45) is 6.47. The van der Waals surface area contributed by atoms with Crippen molar-refractivity contribution in [3.63, 3.8) is 0 Å². The van der Waals surface area contributed by atoms with Crippen molar-refractivity contribution < 1.29 is 4.79 Å². The molecular weight excluding hydrogens is 348 g/mol. The van der Waals surface area contributed by atoms with E-state index in [4.69, 9.17) is 0 Å². The van der Waals surface area contributed by atoms with Crippen LogP contribution in [0.3, 0.4) is 0 Å². The molecule has 1 aliphatic carbocycles. The van der Waals surface area contributed by atoms with Gasteiger partial charge in [-0.2, -0.15) is 0 Å². The van der Waals surface area contributed by atoms with E-state index in [2.05, 4.69) is 32.2 Å². The van der Waals surface area contributed by atoms with Crippen LogP contribution in [0.4, 0.5) is 5.13 Å². The third-order valence-electron chi connectivity index (χ3n) is 5.37. The Morgan fingerprint density at radius 1 is 1.19 bits per heavy atom. The van der Waals surface area contributed by atoms with Gasteiger partial charge in [-0.25, -0.2) is 0 Å². The van der Waals surface area contributed by atoms with Gasteiger partial charge in [0.25, 0.3) is 5.91 Å². The van der Waals surface area contributed by atoms with E-state index in [-0.39, 0.29) is 5.91 Å². The first-order valence-corrected chi connectivity index (χ1v) is 10.4. The predicted molar refractivity (Wildman–Crippen MR) is 103 cm³/mol. The van der Waals surface area contributed by atoms with Gasteiger partial charge in [-0.3, -0.25) is 9.36 Å². The minimum absolute atomic E-state index is 0.0183. The Bertz CT molecular complexity index is 742. The highest BCUT2D eigenvalue weighted by atomic mass is 32.1. The number of hydrogen-bond donors (Lipinski definition) is 1. The highest BCUT2D eigenvalue weighted by Gasteiger charge is 2.23. The summed E-state index contributed by atoms with van der Waals surface area (Å²) in [6.45, 7) is 7.36. The van der Waals surface area contributed by atoms with Crippen molar-refractivity contribution in [3.8, 4) is 5.13 Å². The number of amides is 1. The summed E-state index contributed by atoms with van der Waals surface area (Å²) in [7, 11) is 0. The lowest BCUT2D eigenvalue weighted by Crippen LogP contribution is -2.46. The van der Waals surface area contributed by atoms with Gasteiger partial charge in [-0.1, -0.05) is 31.1 Å². The molecule has 3 heterocycles. The maximum absolute atomic E-state index is 12.6. The van der Waals surface area contributed by atoms with Crippen molar-refractivity contribution in [2.75, 3.05) is 37.6 Å². The molecule has 0 atom stereocenters. The lowest BCUT2D eigenvalue weighted by atomic mass is 10.2. The molecule has 26 heavy (non-hydrogen) atoms. The van der Waals surface area contributed by atoms with Gasteiger partial charge in [-0.05, 0) is 31.5 Å². The third kappa shape index (κ3) is 3.61. The van der Waals surface area contributed by atoms with Crippen LogP contribution in [0.25, 0.3) is 5.13 Å². The molecule has 1 aliphatic heterocycles. The van der Waals surface area contributed by atoms with Gasteiger partial charge in [0.15, 0.2) is 0 Å². The average molecular weight is 375 g/mol. The van der Waals surface area contributed by atoms with Crippen molar-refractivity contribution in [1.29, 1.82) is 0 Å². The summed E-state index contributed by atoms with van der Waals surface area (Å²) in [4.78, 5) is 17.4. The molecule has 7 nitrogen and oxygen atoms in total. The maximum atomic E-state index is 12.6. The fraction of sp³-hybridized carbons (Fsp3) is 0.611. The quantitative estimate of drug-likeness (QED) is 0.869. The molecule has 2 fully saturated rings. The predicted octanol–water partition coefficient (Wildman–Crippen LogP) is 2.14. The average Bonchev–Trinajstić information content (AvgIpc) is 3.41. The van der Waals surface area contributed by atoms with Crippen molar-refractivity contribution >= 4 is 22.4 Å². The first-order chi connectivity index (χ1) is 12.7. The smallest absolute Gasteiger partial charge is 0.268 e. The fourth-order valence-electron chi connectivity index (χ4n) is 3.75. The molecular formula is C18H26N6OS. The minimum Gasteiger partial charge on any atom is -0.348 e.